The molecule has 0 aromatic heterocycles. The lowest BCUT2D eigenvalue weighted by atomic mass is 10.0. The highest BCUT2D eigenvalue weighted by Crippen LogP contribution is 2.33. The van der Waals surface area contributed by atoms with Crippen LogP contribution in [-0.2, 0) is 13.0 Å². The maximum atomic E-state index is 10.4. The van der Waals surface area contributed by atoms with Crippen molar-refractivity contribution in [3.63, 3.8) is 0 Å². The molecule has 2 rings (SSSR count). The molecule has 3 heteroatoms. The van der Waals surface area contributed by atoms with E-state index in [9.17, 15) is 5.11 Å². The highest BCUT2D eigenvalue weighted by Gasteiger charge is 2.14. The summed E-state index contributed by atoms with van der Waals surface area (Å²) in [7, 11) is 3.73. The third-order valence-corrected chi connectivity index (χ3v) is 3.99. The number of methoxy groups -OCH3 is 1. The molecule has 0 spiro atoms. The molecule has 0 aliphatic carbocycles. The Bertz CT molecular complexity index is 482. The van der Waals surface area contributed by atoms with E-state index in [0.29, 0.717) is 11.7 Å². The molecule has 0 amide bonds. The van der Waals surface area contributed by atoms with E-state index in [4.69, 9.17) is 4.74 Å². The Morgan fingerprint density at radius 2 is 2.15 bits per heavy atom. The Balaban J connectivity index is 2.36. The van der Waals surface area contributed by atoms with Crippen LogP contribution in [0, 0.1) is 5.92 Å². The van der Waals surface area contributed by atoms with Crippen LogP contribution in [0.4, 0.5) is 0 Å². The topological polar surface area (TPSA) is 32.7 Å². The Labute approximate surface area is 121 Å². The van der Waals surface area contributed by atoms with Gasteiger partial charge in [0.2, 0.25) is 0 Å². The average Bonchev–Trinajstić information content (AvgIpc) is 2.44. The number of phenolic OH excluding ortho intramolecular Hbond substituents is 1. The fourth-order valence-corrected chi connectivity index (χ4v) is 2.76. The number of nitrogens with zero attached hydrogens (tertiary/aromatic N) is 1. The van der Waals surface area contributed by atoms with Crippen molar-refractivity contribution in [2.24, 2.45) is 5.92 Å². The van der Waals surface area contributed by atoms with E-state index >= 15 is 0 Å². The summed E-state index contributed by atoms with van der Waals surface area (Å²) in [6.07, 6.45) is 7.62. The highest BCUT2D eigenvalue weighted by atomic mass is 16.5. The van der Waals surface area contributed by atoms with Gasteiger partial charge < -0.3 is 14.7 Å². The third-order valence-electron chi connectivity index (χ3n) is 3.99. The van der Waals surface area contributed by atoms with Crippen LogP contribution in [0.3, 0.4) is 0 Å². The molecule has 20 heavy (non-hydrogen) atoms. The normalized spacial score (nSPS) is 22.6. The van der Waals surface area contributed by atoms with Gasteiger partial charge in [0.05, 0.1) is 7.11 Å². The van der Waals surface area contributed by atoms with Gasteiger partial charge in [0.1, 0.15) is 0 Å². The molecule has 1 aliphatic heterocycles. The average molecular weight is 275 g/mol. The summed E-state index contributed by atoms with van der Waals surface area (Å²) in [5, 5.41) is 10.4. The number of hydrogen-bond donors (Lipinski definition) is 1. The van der Waals surface area contributed by atoms with E-state index in [1.54, 1.807) is 7.11 Å². The summed E-state index contributed by atoms with van der Waals surface area (Å²) in [4.78, 5) is 2.32. The van der Waals surface area contributed by atoms with Crippen LogP contribution < -0.4 is 4.74 Å². The second kappa shape index (κ2) is 6.80. The molecule has 0 fully saturated rings. The van der Waals surface area contributed by atoms with Crippen LogP contribution in [0.2, 0.25) is 0 Å². The molecular formula is C17H25NO2. The zero-order valence-electron chi connectivity index (χ0n) is 12.7. The zero-order valence-corrected chi connectivity index (χ0v) is 12.7. The largest absolute Gasteiger partial charge is 0.504 e. The fraction of sp³-hybridized carbons (Fsp3) is 0.529. The quantitative estimate of drug-likeness (QED) is 0.798. The van der Waals surface area contributed by atoms with Crippen LogP contribution >= 0.6 is 0 Å². The second-order valence-corrected chi connectivity index (χ2v) is 5.74. The van der Waals surface area contributed by atoms with Crippen LogP contribution in [0.1, 0.15) is 30.9 Å². The molecule has 1 atom stereocenters. The minimum atomic E-state index is 0.287. The van der Waals surface area contributed by atoms with Crippen molar-refractivity contribution < 1.29 is 9.84 Å². The number of ether oxygens (including phenoxy) is 1. The van der Waals surface area contributed by atoms with Gasteiger partial charge >= 0.3 is 0 Å². The summed E-state index contributed by atoms with van der Waals surface area (Å²) in [6, 6.07) is 3.92. The molecule has 0 saturated heterocycles. The summed E-state index contributed by atoms with van der Waals surface area (Å²) >= 11 is 0. The van der Waals surface area contributed by atoms with Crippen LogP contribution in [0.25, 0.3) is 0 Å². The monoisotopic (exact) mass is 275 g/mol. The lowest BCUT2D eigenvalue weighted by molar-refractivity contribution is 0.311. The molecule has 1 aliphatic rings. The predicted octanol–water partition coefficient (Wildman–Crippen LogP) is 3.36. The van der Waals surface area contributed by atoms with E-state index < -0.39 is 0 Å². The molecule has 0 radical (unpaired) electrons. The molecule has 3 nitrogen and oxygen atoms in total. The molecule has 110 valence electrons. The Kier molecular flexibility index (Phi) is 5.07. The second-order valence-electron chi connectivity index (χ2n) is 5.74. The molecular weight excluding hydrogens is 250 g/mol. The van der Waals surface area contributed by atoms with Gasteiger partial charge in [-0.15, -0.1) is 0 Å². The summed E-state index contributed by atoms with van der Waals surface area (Å²) in [6.45, 7) is 4.21. The Morgan fingerprint density at radius 3 is 2.90 bits per heavy atom. The number of fused-ring (bicyclic) bond motifs is 1. The lowest BCUT2D eigenvalue weighted by Gasteiger charge is -2.19. The summed E-state index contributed by atoms with van der Waals surface area (Å²) < 4.78 is 5.22. The third kappa shape index (κ3) is 3.54. The maximum absolute atomic E-state index is 10.4. The Hall–Kier alpha value is -1.48. The number of aromatic hydroxyl groups is 1. The van der Waals surface area contributed by atoms with Crippen molar-refractivity contribution in [2.45, 2.75) is 32.7 Å². The van der Waals surface area contributed by atoms with Gasteiger partial charge in [-0.3, -0.25) is 0 Å². The van der Waals surface area contributed by atoms with Crippen molar-refractivity contribution in [3.8, 4) is 11.5 Å². The van der Waals surface area contributed by atoms with E-state index in [-0.39, 0.29) is 5.75 Å². The number of benzene rings is 1. The van der Waals surface area contributed by atoms with E-state index in [2.05, 4.69) is 37.1 Å². The van der Waals surface area contributed by atoms with Gasteiger partial charge in [-0.25, -0.2) is 0 Å². The van der Waals surface area contributed by atoms with Gasteiger partial charge in [-0.2, -0.15) is 0 Å². The van der Waals surface area contributed by atoms with Crippen LogP contribution in [0.5, 0.6) is 11.5 Å². The van der Waals surface area contributed by atoms with E-state index in [1.807, 2.05) is 6.07 Å². The fourth-order valence-electron chi connectivity index (χ4n) is 2.76. The van der Waals surface area contributed by atoms with Crippen LogP contribution in [-0.4, -0.2) is 30.7 Å². The first-order chi connectivity index (χ1) is 9.61. The number of allylic oxidation sites excluding steroid dienone is 2. The number of rotatable bonds is 1. The molecule has 1 N–H and O–H groups in total. The molecule has 1 aromatic rings. The maximum Gasteiger partial charge on any atom is 0.161 e. The molecule has 0 saturated carbocycles. The summed E-state index contributed by atoms with van der Waals surface area (Å²) in [5.74, 6) is 1.44. The SMILES string of the molecule is COc1ccc2c(c1O)C/C=C\C(C)CCCN(C)C2. The van der Waals surface area contributed by atoms with Gasteiger partial charge in [-0.1, -0.05) is 25.1 Å². The first-order valence-corrected chi connectivity index (χ1v) is 7.34. The molecule has 1 unspecified atom stereocenters. The van der Waals surface area contributed by atoms with Crippen LogP contribution in [0.15, 0.2) is 24.3 Å². The summed E-state index contributed by atoms with van der Waals surface area (Å²) in [5.41, 5.74) is 2.17. The van der Waals surface area contributed by atoms with Crippen molar-refractivity contribution in [1.29, 1.82) is 0 Å². The number of phenols is 1. The predicted molar refractivity (Wildman–Crippen MR) is 82.2 cm³/mol. The van der Waals surface area contributed by atoms with Gasteiger partial charge in [0, 0.05) is 12.1 Å². The molecule has 1 heterocycles. The van der Waals surface area contributed by atoms with Crippen molar-refractivity contribution in [3.05, 3.63) is 35.4 Å². The standard InChI is InChI=1S/C17H25NO2/c1-13-6-4-8-15-14(12-18(2)11-5-7-13)9-10-16(20-3)17(15)19/h4,6,9-10,13,19H,5,7-8,11-12H2,1-3H3/b6-4-. The zero-order chi connectivity index (χ0) is 14.5. The molecule has 1 aromatic carbocycles. The Morgan fingerprint density at radius 1 is 1.35 bits per heavy atom. The highest BCUT2D eigenvalue weighted by molar-refractivity contribution is 5.50. The van der Waals surface area contributed by atoms with E-state index in [0.717, 1.165) is 25.1 Å². The minimum Gasteiger partial charge on any atom is -0.504 e. The van der Waals surface area contributed by atoms with Crippen molar-refractivity contribution in [2.75, 3.05) is 20.7 Å². The van der Waals surface area contributed by atoms with Gasteiger partial charge in [0.25, 0.3) is 0 Å². The minimum absolute atomic E-state index is 0.287. The first-order valence-electron chi connectivity index (χ1n) is 7.34. The first kappa shape index (κ1) is 14.9. The van der Waals surface area contributed by atoms with Crippen molar-refractivity contribution >= 4 is 0 Å². The van der Waals surface area contributed by atoms with Gasteiger partial charge in [-0.05, 0) is 50.4 Å². The van der Waals surface area contributed by atoms with Gasteiger partial charge in [0.15, 0.2) is 11.5 Å². The van der Waals surface area contributed by atoms with Crippen molar-refractivity contribution in [1.82, 2.24) is 4.90 Å². The lowest BCUT2D eigenvalue weighted by Crippen LogP contribution is -2.20. The molecule has 0 bridgehead atoms. The smallest absolute Gasteiger partial charge is 0.161 e. The number of hydrogen-bond acceptors (Lipinski definition) is 3. The van der Waals surface area contributed by atoms with E-state index in [1.165, 1.54) is 18.4 Å².